The van der Waals surface area contributed by atoms with Crippen molar-refractivity contribution < 1.29 is 0 Å². The van der Waals surface area contributed by atoms with Gasteiger partial charge in [0.05, 0.1) is 18.0 Å². The Morgan fingerprint density at radius 1 is 0.958 bits per heavy atom. The van der Waals surface area contributed by atoms with Crippen LogP contribution < -0.4 is 9.80 Å². The van der Waals surface area contributed by atoms with E-state index < -0.39 is 0 Å². The van der Waals surface area contributed by atoms with E-state index in [2.05, 4.69) is 61.0 Å². The first-order valence-electron chi connectivity index (χ1n) is 7.69. The molecule has 4 rings (SSSR count). The van der Waals surface area contributed by atoms with Crippen molar-refractivity contribution >= 4 is 44.7 Å². The van der Waals surface area contributed by atoms with E-state index in [4.69, 9.17) is 11.6 Å². The lowest BCUT2D eigenvalue weighted by molar-refractivity contribution is 0.827. The fourth-order valence-corrected chi connectivity index (χ4v) is 3.40. The largest absolute Gasteiger partial charge is 0.347 e. The molecular weight excluding hydrogens is 386 g/mol. The highest BCUT2D eigenvalue weighted by atomic mass is 79.9. The summed E-state index contributed by atoms with van der Waals surface area (Å²) in [6.45, 7) is 1.52. The molecule has 1 aromatic heterocycles. The molecule has 2 aromatic carbocycles. The third-order valence-corrected chi connectivity index (χ3v) is 4.97. The SMILES string of the molecule is Clc1ccccc1CN1CN(c2ccc(Br)cn2)c2ccccc21. The molecule has 0 saturated heterocycles. The number of aromatic nitrogens is 1. The number of pyridine rings is 1. The summed E-state index contributed by atoms with van der Waals surface area (Å²) in [5, 5.41) is 0.801. The average molecular weight is 401 g/mol. The molecule has 0 radical (unpaired) electrons. The van der Waals surface area contributed by atoms with E-state index in [-0.39, 0.29) is 0 Å². The lowest BCUT2D eigenvalue weighted by Crippen LogP contribution is -2.28. The van der Waals surface area contributed by atoms with E-state index >= 15 is 0 Å². The number of hydrogen-bond acceptors (Lipinski definition) is 3. The highest BCUT2D eigenvalue weighted by Gasteiger charge is 2.27. The molecule has 0 unspecified atom stereocenters. The zero-order valence-corrected chi connectivity index (χ0v) is 15.2. The molecule has 0 N–H and O–H groups in total. The van der Waals surface area contributed by atoms with Crippen LogP contribution in [0.1, 0.15) is 5.56 Å². The molecule has 2 heterocycles. The Morgan fingerprint density at radius 2 is 1.71 bits per heavy atom. The van der Waals surface area contributed by atoms with Crippen LogP contribution in [0.4, 0.5) is 17.2 Å². The quantitative estimate of drug-likeness (QED) is 0.569. The minimum atomic E-state index is 0.749. The molecule has 3 nitrogen and oxygen atoms in total. The van der Waals surface area contributed by atoms with E-state index in [1.54, 1.807) is 0 Å². The van der Waals surface area contributed by atoms with Crippen molar-refractivity contribution in [2.24, 2.45) is 0 Å². The van der Waals surface area contributed by atoms with Crippen molar-refractivity contribution in [2.45, 2.75) is 6.54 Å². The summed E-state index contributed by atoms with van der Waals surface area (Å²) in [6, 6.07) is 20.4. The van der Waals surface area contributed by atoms with E-state index in [0.717, 1.165) is 34.1 Å². The van der Waals surface area contributed by atoms with Gasteiger partial charge in [-0.25, -0.2) is 4.98 Å². The molecular formula is C19H15BrClN3. The zero-order chi connectivity index (χ0) is 16.5. The fraction of sp³-hybridized carbons (Fsp3) is 0.105. The molecule has 1 aliphatic heterocycles. The maximum Gasteiger partial charge on any atom is 0.134 e. The van der Waals surface area contributed by atoms with Gasteiger partial charge in [-0.15, -0.1) is 0 Å². The summed E-state index contributed by atoms with van der Waals surface area (Å²) in [5.74, 6) is 0.937. The van der Waals surface area contributed by atoms with Gasteiger partial charge < -0.3 is 9.80 Å². The standard InChI is InChI=1S/C19H15BrClN3/c20-15-9-10-19(22-11-15)24-13-23(17-7-3-4-8-18(17)24)12-14-5-1-2-6-16(14)21/h1-11H,12-13H2. The number of fused-ring (bicyclic) bond motifs is 1. The number of halogens is 2. The van der Waals surface area contributed by atoms with Gasteiger partial charge in [-0.3, -0.25) is 0 Å². The van der Waals surface area contributed by atoms with Crippen LogP contribution in [0.25, 0.3) is 0 Å². The van der Waals surface area contributed by atoms with Crippen LogP contribution in [0.5, 0.6) is 0 Å². The average Bonchev–Trinajstić information content (AvgIpc) is 2.97. The van der Waals surface area contributed by atoms with Crippen LogP contribution in [-0.4, -0.2) is 11.7 Å². The highest BCUT2D eigenvalue weighted by molar-refractivity contribution is 9.10. The second kappa shape index (κ2) is 6.46. The lowest BCUT2D eigenvalue weighted by atomic mass is 10.2. The molecule has 24 heavy (non-hydrogen) atoms. The predicted molar refractivity (Wildman–Crippen MR) is 103 cm³/mol. The van der Waals surface area contributed by atoms with Crippen LogP contribution in [0.3, 0.4) is 0 Å². The Balaban J connectivity index is 1.68. The first-order valence-corrected chi connectivity index (χ1v) is 8.86. The Morgan fingerprint density at radius 3 is 2.46 bits per heavy atom. The molecule has 1 aliphatic rings. The van der Waals surface area contributed by atoms with Gasteiger partial charge in [-0.05, 0) is 51.8 Å². The lowest BCUT2D eigenvalue weighted by Gasteiger charge is -2.21. The molecule has 5 heteroatoms. The Hall–Kier alpha value is -2.04. The van der Waals surface area contributed by atoms with Crippen LogP contribution in [0, 0.1) is 0 Å². The van der Waals surface area contributed by atoms with Gasteiger partial charge in [0.15, 0.2) is 0 Å². The maximum absolute atomic E-state index is 6.34. The first-order chi connectivity index (χ1) is 11.7. The summed E-state index contributed by atoms with van der Waals surface area (Å²) < 4.78 is 0.978. The monoisotopic (exact) mass is 399 g/mol. The highest BCUT2D eigenvalue weighted by Crippen LogP contribution is 2.40. The van der Waals surface area contributed by atoms with Crippen molar-refractivity contribution in [3.05, 3.63) is 81.9 Å². The first kappa shape index (κ1) is 15.5. The summed E-state index contributed by atoms with van der Waals surface area (Å²) >= 11 is 9.79. The molecule has 0 bridgehead atoms. The van der Waals surface area contributed by atoms with Gasteiger partial charge in [0.1, 0.15) is 5.82 Å². The number of hydrogen-bond donors (Lipinski definition) is 0. The van der Waals surface area contributed by atoms with E-state index in [1.165, 1.54) is 11.4 Å². The smallest absolute Gasteiger partial charge is 0.134 e. The summed E-state index contributed by atoms with van der Waals surface area (Å²) in [7, 11) is 0. The van der Waals surface area contributed by atoms with Crippen molar-refractivity contribution in [1.29, 1.82) is 0 Å². The molecule has 0 atom stereocenters. The number of rotatable bonds is 3. The van der Waals surface area contributed by atoms with E-state index in [0.29, 0.717) is 0 Å². The zero-order valence-electron chi connectivity index (χ0n) is 12.9. The molecule has 0 spiro atoms. The van der Waals surface area contributed by atoms with Crippen LogP contribution >= 0.6 is 27.5 Å². The second-order valence-electron chi connectivity index (χ2n) is 5.68. The molecule has 0 saturated carbocycles. The van der Waals surface area contributed by atoms with Crippen LogP contribution in [0.2, 0.25) is 5.02 Å². The summed E-state index contributed by atoms with van der Waals surface area (Å²) in [6.07, 6.45) is 1.83. The summed E-state index contributed by atoms with van der Waals surface area (Å²) in [5.41, 5.74) is 3.49. The van der Waals surface area contributed by atoms with Crippen LogP contribution in [-0.2, 0) is 6.54 Å². The maximum atomic E-state index is 6.34. The van der Waals surface area contributed by atoms with E-state index in [9.17, 15) is 0 Å². The number of benzene rings is 2. The Bertz CT molecular complexity index is 866. The predicted octanol–water partition coefficient (Wildman–Crippen LogP) is 5.61. The number of para-hydroxylation sites is 2. The normalized spacial score (nSPS) is 13.2. The van der Waals surface area contributed by atoms with Gasteiger partial charge in [0.2, 0.25) is 0 Å². The van der Waals surface area contributed by atoms with Gasteiger partial charge in [0, 0.05) is 22.2 Å². The van der Waals surface area contributed by atoms with Gasteiger partial charge in [-0.1, -0.05) is 41.9 Å². The van der Waals surface area contributed by atoms with Gasteiger partial charge in [0.25, 0.3) is 0 Å². The molecule has 0 fully saturated rings. The van der Waals surface area contributed by atoms with Crippen molar-refractivity contribution in [1.82, 2.24) is 4.98 Å². The van der Waals surface area contributed by atoms with E-state index in [1.807, 2.05) is 36.5 Å². The van der Waals surface area contributed by atoms with Crippen molar-refractivity contribution in [3.8, 4) is 0 Å². The van der Waals surface area contributed by atoms with Gasteiger partial charge in [-0.2, -0.15) is 0 Å². The number of nitrogens with zero attached hydrogens (tertiary/aromatic N) is 3. The van der Waals surface area contributed by atoms with Crippen molar-refractivity contribution in [3.63, 3.8) is 0 Å². The third kappa shape index (κ3) is 2.87. The minimum absolute atomic E-state index is 0.749. The molecule has 0 aliphatic carbocycles. The van der Waals surface area contributed by atoms with Gasteiger partial charge >= 0.3 is 0 Å². The molecule has 120 valence electrons. The fourth-order valence-electron chi connectivity index (χ4n) is 2.97. The Labute approximate surface area is 154 Å². The third-order valence-electron chi connectivity index (χ3n) is 4.13. The molecule has 3 aromatic rings. The topological polar surface area (TPSA) is 19.4 Å². The summed E-state index contributed by atoms with van der Waals surface area (Å²) in [4.78, 5) is 9.09. The minimum Gasteiger partial charge on any atom is -0.347 e. The Kier molecular flexibility index (Phi) is 4.17. The second-order valence-corrected chi connectivity index (χ2v) is 7.01. The molecule has 0 amide bonds. The van der Waals surface area contributed by atoms with Crippen molar-refractivity contribution in [2.75, 3.05) is 16.5 Å². The number of anilines is 3. The van der Waals surface area contributed by atoms with Crippen LogP contribution in [0.15, 0.2) is 71.3 Å².